The van der Waals surface area contributed by atoms with E-state index >= 15 is 0 Å². The molecule has 0 saturated heterocycles. The van der Waals surface area contributed by atoms with Gasteiger partial charge < -0.3 is 10.4 Å². The predicted molar refractivity (Wildman–Crippen MR) is 54.9 cm³/mol. The molecule has 0 aliphatic heterocycles. The second-order valence-corrected chi connectivity index (χ2v) is 4.16. The van der Waals surface area contributed by atoms with Crippen molar-refractivity contribution in [3.8, 4) is 0 Å². The Morgan fingerprint density at radius 1 is 1.57 bits per heavy atom. The van der Waals surface area contributed by atoms with Crippen LogP contribution in [0.15, 0.2) is 0 Å². The summed E-state index contributed by atoms with van der Waals surface area (Å²) in [5.41, 5.74) is 0. The first kappa shape index (κ1) is 11.5. The van der Waals surface area contributed by atoms with E-state index in [1.807, 2.05) is 25.8 Å². The van der Waals surface area contributed by atoms with Gasteiger partial charge in [0.15, 0.2) is 0 Å². The molecule has 2 unspecified atom stereocenters. The standard InChI is InChI=1S/C10H20N2O2/c1-7(6-13)12(3)8(2)10(14)11-9-4-5-9/h7-9,13H,4-6H2,1-3H3,(H,11,14). The van der Waals surface area contributed by atoms with Gasteiger partial charge in [-0.15, -0.1) is 0 Å². The zero-order valence-electron chi connectivity index (χ0n) is 9.16. The molecule has 82 valence electrons. The predicted octanol–water partition coefficient (Wildman–Crippen LogP) is -0.0339. The van der Waals surface area contributed by atoms with E-state index in [2.05, 4.69) is 5.32 Å². The van der Waals surface area contributed by atoms with Gasteiger partial charge in [-0.2, -0.15) is 0 Å². The molecule has 1 aliphatic rings. The molecular weight excluding hydrogens is 180 g/mol. The third-order valence-corrected chi connectivity index (χ3v) is 2.87. The van der Waals surface area contributed by atoms with Crippen molar-refractivity contribution < 1.29 is 9.90 Å². The molecule has 14 heavy (non-hydrogen) atoms. The zero-order valence-corrected chi connectivity index (χ0v) is 9.16. The van der Waals surface area contributed by atoms with Crippen molar-refractivity contribution in [2.75, 3.05) is 13.7 Å². The fraction of sp³-hybridized carbons (Fsp3) is 0.900. The van der Waals surface area contributed by atoms with Crippen molar-refractivity contribution in [1.29, 1.82) is 0 Å². The molecule has 0 heterocycles. The molecule has 2 atom stereocenters. The van der Waals surface area contributed by atoms with Gasteiger partial charge >= 0.3 is 0 Å². The zero-order chi connectivity index (χ0) is 10.7. The second kappa shape index (κ2) is 4.75. The van der Waals surface area contributed by atoms with Crippen molar-refractivity contribution >= 4 is 5.91 Å². The second-order valence-electron chi connectivity index (χ2n) is 4.16. The summed E-state index contributed by atoms with van der Waals surface area (Å²) in [4.78, 5) is 13.5. The van der Waals surface area contributed by atoms with Crippen molar-refractivity contribution in [3.05, 3.63) is 0 Å². The molecule has 1 rings (SSSR count). The van der Waals surface area contributed by atoms with Crippen LogP contribution in [0.3, 0.4) is 0 Å². The summed E-state index contributed by atoms with van der Waals surface area (Å²) in [5.74, 6) is 0.0651. The van der Waals surface area contributed by atoms with Gasteiger partial charge in [0.25, 0.3) is 0 Å². The summed E-state index contributed by atoms with van der Waals surface area (Å²) in [7, 11) is 1.86. The molecule has 0 aromatic heterocycles. The summed E-state index contributed by atoms with van der Waals surface area (Å²) in [6.45, 7) is 3.85. The number of likely N-dealkylation sites (N-methyl/N-ethyl adjacent to an activating group) is 1. The van der Waals surface area contributed by atoms with Crippen LogP contribution in [0.5, 0.6) is 0 Å². The molecule has 0 aromatic carbocycles. The maximum atomic E-state index is 11.6. The van der Waals surface area contributed by atoms with Gasteiger partial charge in [0.05, 0.1) is 12.6 Å². The van der Waals surface area contributed by atoms with E-state index in [4.69, 9.17) is 5.11 Å². The molecule has 2 N–H and O–H groups in total. The van der Waals surface area contributed by atoms with Gasteiger partial charge in [0.1, 0.15) is 0 Å². The lowest BCUT2D eigenvalue weighted by molar-refractivity contribution is -0.126. The van der Waals surface area contributed by atoms with Crippen LogP contribution >= 0.6 is 0 Å². The lowest BCUT2D eigenvalue weighted by Crippen LogP contribution is -2.48. The Bertz CT molecular complexity index is 204. The number of rotatable bonds is 5. The molecule has 1 fully saturated rings. The lowest BCUT2D eigenvalue weighted by atomic mass is 10.2. The molecule has 4 nitrogen and oxygen atoms in total. The number of aliphatic hydroxyl groups excluding tert-OH is 1. The lowest BCUT2D eigenvalue weighted by Gasteiger charge is -2.28. The monoisotopic (exact) mass is 200 g/mol. The number of hydrogen-bond donors (Lipinski definition) is 2. The maximum absolute atomic E-state index is 11.6. The SMILES string of the molecule is CC(CO)N(C)C(C)C(=O)NC1CC1. The number of nitrogens with one attached hydrogen (secondary N) is 1. The van der Waals surface area contributed by atoms with Gasteiger partial charge in [-0.3, -0.25) is 9.69 Å². The van der Waals surface area contributed by atoms with E-state index in [0.29, 0.717) is 6.04 Å². The van der Waals surface area contributed by atoms with Gasteiger partial charge in [-0.05, 0) is 33.7 Å². The normalized spacial score (nSPS) is 20.6. The van der Waals surface area contributed by atoms with Crippen LogP contribution in [-0.4, -0.2) is 47.7 Å². The molecule has 4 heteroatoms. The van der Waals surface area contributed by atoms with E-state index in [-0.39, 0.29) is 24.6 Å². The topological polar surface area (TPSA) is 52.6 Å². The number of aliphatic hydroxyl groups is 1. The average molecular weight is 200 g/mol. The Balaban J connectivity index is 2.36. The first-order valence-corrected chi connectivity index (χ1v) is 5.19. The fourth-order valence-electron chi connectivity index (χ4n) is 1.24. The van der Waals surface area contributed by atoms with Crippen LogP contribution in [-0.2, 0) is 4.79 Å². The van der Waals surface area contributed by atoms with E-state index in [9.17, 15) is 4.79 Å². The van der Waals surface area contributed by atoms with Gasteiger partial charge in [0, 0.05) is 12.1 Å². The minimum atomic E-state index is -0.169. The summed E-state index contributed by atoms with van der Waals surface area (Å²) in [6.07, 6.45) is 2.22. The van der Waals surface area contributed by atoms with Crippen molar-refractivity contribution in [1.82, 2.24) is 10.2 Å². The van der Waals surface area contributed by atoms with E-state index in [1.165, 1.54) is 0 Å². The summed E-state index contributed by atoms with van der Waals surface area (Å²) < 4.78 is 0. The maximum Gasteiger partial charge on any atom is 0.237 e. The van der Waals surface area contributed by atoms with E-state index < -0.39 is 0 Å². The van der Waals surface area contributed by atoms with E-state index in [1.54, 1.807) is 0 Å². The quantitative estimate of drug-likeness (QED) is 0.655. The molecule has 0 radical (unpaired) electrons. The highest BCUT2D eigenvalue weighted by Gasteiger charge is 2.28. The van der Waals surface area contributed by atoms with Crippen LogP contribution in [0.2, 0.25) is 0 Å². The Labute approximate surface area is 85.3 Å². The van der Waals surface area contributed by atoms with Crippen LogP contribution in [0.25, 0.3) is 0 Å². The number of nitrogens with zero attached hydrogens (tertiary/aromatic N) is 1. The highest BCUT2D eigenvalue weighted by atomic mass is 16.3. The molecule has 0 spiro atoms. The summed E-state index contributed by atoms with van der Waals surface area (Å²) >= 11 is 0. The minimum Gasteiger partial charge on any atom is -0.395 e. The third kappa shape index (κ3) is 2.96. The molecule has 1 aliphatic carbocycles. The first-order valence-electron chi connectivity index (χ1n) is 5.19. The Morgan fingerprint density at radius 3 is 2.57 bits per heavy atom. The Morgan fingerprint density at radius 2 is 2.14 bits per heavy atom. The number of hydrogen-bond acceptors (Lipinski definition) is 3. The van der Waals surface area contributed by atoms with Crippen molar-refractivity contribution in [2.45, 2.75) is 44.8 Å². The summed E-state index contributed by atoms with van der Waals surface area (Å²) in [5, 5.41) is 11.9. The van der Waals surface area contributed by atoms with Gasteiger partial charge in [0.2, 0.25) is 5.91 Å². The van der Waals surface area contributed by atoms with Gasteiger partial charge in [-0.1, -0.05) is 0 Å². The minimum absolute atomic E-state index is 0.0231. The molecule has 0 bridgehead atoms. The average Bonchev–Trinajstić information content (AvgIpc) is 2.97. The highest BCUT2D eigenvalue weighted by Crippen LogP contribution is 2.19. The Kier molecular flexibility index (Phi) is 3.89. The van der Waals surface area contributed by atoms with Crippen molar-refractivity contribution in [3.63, 3.8) is 0 Å². The van der Waals surface area contributed by atoms with Crippen LogP contribution < -0.4 is 5.32 Å². The summed E-state index contributed by atoms with van der Waals surface area (Å²) in [6, 6.07) is 0.260. The number of carbonyl (C=O) groups excluding carboxylic acids is 1. The third-order valence-electron chi connectivity index (χ3n) is 2.87. The number of carbonyl (C=O) groups is 1. The fourth-order valence-corrected chi connectivity index (χ4v) is 1.24. The van der Waals surface area contributed by atoms with Gasteiger partial charge in [-0.25, -0.2) is 0 Å². The largest absolute Gasteiger partial charge is 0.395 e. The van der Waals surface area contributed by atoms with E-state index in [0.717, 1.165) is 12.8 Å². The number of amides is 1. The molecule has 1 amide bonds. The first-order chi connectivity index (χ1) is 6.56. The Hall–Kier alpha value is -0.610. The molecule has 0 aromatic rings. The van der Waals surface area contributed by atoms with Crippen LogP contribution in [0, 0.1) is 0 Å². The molecule has 1 saturated carbocycles. The van der Waals surface area contributed by atoms with Crippen LogP contribution in [0.1, 0.15) is 26.7 Å². The molecular formula is C10H20N2O2. The van der Waals surface area contributed by atoms with Crippen LogP contribution in [0.4, 0.5) is 0 Å². The highest BCUT2D eigenvalue weighted by molar-refractivity contribution is 5.81. The smallest absolute Gasteiger partial charge is 0.237 e. The van der Waals surface area contributed by atoms with Crippen molar-refractivity contribution in [2.24, 2.45) is 0 Å².